The summed E-state index contributed by atoms with van der Waals surface area (Å²) < 4.78 is 4.99. The van der Waals surface area contributed by atoms with Crippen molar-refractivity contribution >= 4 is 5.97 Å². The van der Waals surface area contributed by atoms with E-state index in [1.807, 2.05) is 12.2 Å². The van der Waals surface area contributed by atoms with E-state index in [1.54, 1.807) is 6.92 Å². The number of aliphatic hydroxyl groups is 1. The third-order valence-electron chi connectivity index (χ3n) is 4.77. The van der Waals surface area contributed by atoms with Crippen LogP contribution in [0.3, 0.4) is 0 Å². The molecule has 0 spiro atoms. The molecule has 0 saturated carbocycles. The van der Waals surface area contributed by atoms with Crippen LogP contribution in [-0.4, -0.2) is 23.3 Å². The van der Waals surface area contributed by atoms with Crippen molar-refractivity contribution in [1.82, 2.24) is 0 Å². The molecule has 24 heavy (non-hydrogen) atoms. The summed E-state index contributed by atoms with van der Waals surface area (Å²) in [7, 11) is 0. The van der Waals surface area contributed by atoms with Crippen LogP contribution in [0.2, 0.25) is 0 Å². The fourth-order valence-corrected chi connectivity index (χ4v) is 3.16. The molecule has 3 heteroatoms. The molecule has 1 heterocycles. The highest BCUT2D eigenvalue weighted by molar-refractivity contribution is 5.92. The molecule has 0 radical (unpaired) electrons. The van der Waals surface area contributed by atoms with E-state index in [2.05, 4.69) is 6.58 Å². The smallest absolute Gasteiger partial charge is 0.336 e. The second-order valence-electron chi connectivity index (χ2n) is 6.97. The van der Waals surface area contributed by atoms with Crippen molar-refractivity contribution in [2.24, 2.45) is 0 Å². The molecule has 0 bridgehead atoms. The Morgan fingerprint density at radius 2 is 1.38 bits per heavy atom. The summed E-state index contributed by atoms with van der Waals surface area (Å²) in [5, 5.41) is 9.81. The number of carbonyl (C=O) groups excluding carboxylic acids is 1. The Balaban J connectivity index is 1.87. The van der Waals surface area contributed by atoms with Gasteiger partial charge in [0.1, 0.15) is 12.2 Å². The average molecular weight is 337 g/mol. The van der Waals surface area contributed by atoms with Crippen molar-refractivity contribution < 1.29 is 14.6 Å². The number of aliphatic hydroxyl groups excluding tert-OH is 1. The number of rotatable bonds is 14. The molecule has 3 nitrogen and oxygen atoms in total. The number of hydrogen-bond acceptors (Lipinski definition) is 3. The molecule has 1 N–H and O–H groups in total. The minimum atomic E-state index is -0.741. The molecule has 0 aromatic rings. The summed E-state index contributed by atoms with van der Waals surface area (Å²) >= 11 is 0. The van der Waals surface area contributed by atoms with E-state index in [-0.39, 0.29) is 5.97 Å². The quantitative estimate of drug-likeness (QED) is 0.198. The van der Waals surface area contributed by atoms with Gasteiger partial charge in [-0.15, -0.1) is 6.58 Å². The predicted molar refractivity (Wildman–Crippen MR) is 99.9 cm³/mol. The molecule has 2 atom stereocenters. The van der Waals surface area contributed by atoms with Gasteiger partial charge in [0.05, 0.1) is 5.57 Å². The number of carbonyl (C=O) groups is 1. The molecule has 0 aromatic heterocycles. The standard InChI is InChI=1S/C21H36O3/c1-3-4-5-6-7-8-9-10-11-12-13-14-15-16-17-19-20(22)18(2)24-21(19)23/h3,17-18,20,22H,1,4-16H2,2H3/b19-17+/t18-,20-/m0/s1. The molecule has 138 valence electrons. The average Bonchev–Trinajstić information content (AvgIpc) is 2.81. The van der Waals surface area contributed by atoms with Gasteiger partial charge >= 0.3 is 5.97 Å². The third-order valence-corrected chi connectivity index (χ3v) is 4.77. The number of unbranched alkanes of at least 4 members (excludes halogenated alkanes) is 12. The zero-order valence-electron chi connectivity index (χ0n) is 15.5. The predicted octanol–water partition coefficient (Wildman–Crippen LogP) is 5.48. The number of ether oxygens (including phenoxy) is 1. The molecule has 1 rings (SSSR count). The zero-order valence-corrected chi connectivity index (χ0v) is 15.5. The monoisotopic (exact) mass is 336 g/mol. The molecule has 1 aliphatic heterocycles. The van der Waals surface area contributed by atoms with Crippen molar-refractivity contribution in [2.75, 3.05) is 0 Å². The Morgan fingerprint density at radius 3 is 1.79 bits per heavy atom. The summed E-state index contributed by atoms with van der Waals surface area (Å²) in [4.78, 5) is 11.5. The first-order chi connectivity index (χ1) is 11.7. The van der Waals surface area contributed by atoms with Crippen LogP contribution in [0, 0.1) is 0 Å². The lowest BCUT2D eigenvalue weighted by Gasteiger charge is -2.05. The Morgan fingerprint density at radius 1 is 0.917 bits per heavy atom. The second-order valence-corrected chi connectivity index (χ2v) is 6.97. The van der Waals surface area contributed by atoms with Crippen LogP contribution in [-0.2, 0) is 9.53 Å². The summed E-state index contributed by atoms with van der Waals surface area (Å²) in [6.45, 7) is 5.48. The highest BCUT2D eigenvalue weighted by atomic mass is 16.6. The first-order valence-corrected chi connectivity index (χ1v) is 9.86. The SMILES string of the molecule is C=CCCCCCCCCCCCCC/C=C1/C(=O)O[C@@H](C)[C@@H]1O. The number of allylic oxidation sites excluding steroid dienone is 2. The molecule has 0 unspecified atom stereocenters. The Labute approximate surface area is 148 Å². The lowest BCUT2D eigenvalue weighted by molar-refractivity contribution is -0.138. The van der Waals surface area contributed by atoms with Gasteiger partial charge in [-0.25, -0.2) is 4.79 Å². The van der Waals surface area contributed by atoms with Gasteiger partial charge in [0.2, 0.25) is 0 Å². The Kier molecular flexibility index (Phi) is 11.5. The van der Waals surface area contributed by atoms with E-state index in [4.69, 9.17) is 4.74 Å². The van der Waals surface area contributed by atoms with Gasteiger partial charge in [-0.1, -0.05) is 69.9 Å². The fraction of sp³-hybridized carbons (Fsp3) is 0.762. The van der Waals surface area contributed by atoms with Crippen LogP contribution in [0.25, 0.3) is 0 Å². The molecule has 0 aliphatic carbocycles. The van der Waals surface area contributed by atoms with Crippen LogP contribution in [0.5, 0.6) is 0 Å². The zero-order chi connectivity index (χ0) is 17.6. The van der Waals surface area contributed by atoms with Crippen molar-refractivity contribution in [3.63, 3.8) is 0 Å². The van der Waals surface area contributed by atoms with E-state index in [9.17, 15) is 9.90 Å². The minimum absolute atomic E-state index is 0.348. The molecular weight excluding hydrogens is 300 g/mol. The summed E-state index contributed by atoms with van der Waals surface area (Å²) in [6.07, 6.45) is 19.1. The van der Waals surface area contributed by atoms with Gasteiger partial charge in [0, 0.05) is 0 Å². The van der Waals surface area contributed by atoms with Crippen molar-refractivity contribution in [3.05, 3.63) is 24.3 Å². The third kappa shape index (κ3) is 8.68. The van der Waals surface area contributed by atoms with Crippen LogP contribution in [0.15, 0.2) is 24.3 Å². The molecule has 1 fully saturated rings. The summed E-state index contributed by atoms with van der Waals surface area (Å²) in [5.41, 5.74) is 0.454. The normalized spacial score (nSPS) is 22.1. The Bertz CT molecular complexity index is 387. The summed E-state index contributed by atoms with van der Waals surface area (Å²) in [6, 6.07) is 0. The molecular formula is C21H36O3. The molecule has 1 aliphatic rings. The molecule has 0 amide bonds. The topological polar surface area (TPSA) is 46.5 Å². The fourth-order valence-electron chi connectivity index (χ4n) is 3.16. The van der Waals surface area contributed by atoms with Crippen LogP contribution >= 0.6 is 0 Å². The lowest BCUT2D eigenvalue weighted by atomic mass is 10.0. The van der Waals surface area contributed by atoms with Crippen molar-refractivity contribution in [1.29, 1.82) is 0 Å². The largest absolute Gasteiger partial charge is 0.456 e. The van der Waals surface area contributed by atoms with Gasteiger partial charge < -0.3 is 9.84 Å². The second kappa shape index (κ2) is 13.2. The molecule has 0 aromatic carbocycles. The van der Waals surface area contributed by atoms with E-state index < -0.39 is 12.2 Å². The highest BCUT2D eigenvalue weighted by Crippen LogP contribution is 2.22. The van der Waals surface area contributed by atoms with Crippen LogP contribution in [0.1, 0.15) is 90.4 Å². The maximum Gasteiger partial charge on any atom is 0.336 e. The lowest BCUT2D eigenvalue weighted by Crippen LogP contribution is -2.17. The number of hydrogen-bond donors (Lipinski definition) is 1. The van der Waals surface area contributed by atoms with Gasteiger partial charge in [-0.3, -0.25) is 0 Å². The number of cyclic esters (lactones) is 1. The van der Waals surface area contributed by atoms with Gasteiger partial charge in [0.25, 0.3) is 0 Å². The number of esters is 1. The van der Waals surface area contributed by atoms with Crippen LogP contribution < -0.4 is 0 Å². The summed E-state index contributed by atoms with van der Waals surface area (Å²) in [5.74, 6) is -0.348. The van der Waals surface area contributed by atoms with Gasteiger partial charge in [0.15, 0.2) is 0 Å². The van der Waals surface area contributed by atoms with E-state index >= 15 is 0 Å². The van der Waals surface area contributed by atoms with E-state index in [1.165, 1.54) is 64.2 Å². The van der Waals surface area contributed by atoms with Gasteiger partial charge in [-0.05, 0) is 32.6 Å². The van der Waals surface area contributed by atoms with E-state index in [0.717, 1.165) is 19.3 Å². The Hall–Kier alpha value is -1.09. The first kappa shape index (κ1) is 21.0. The maximum atomic E-state index is 11.5. The van der Waals surface area contributed by atoms with Crippen molar-refractivity contribution in [2.45, 2.75) is 103 Å². The first-order valence-electron chi connectivity index (χ1n) is 9.86. The maximum absolute atomic E-state index is 11.5. The van der Waals surface area contributed by atoms with Crippen LogP contribution in [0.4, 0.5) is 0 Å². The van der Waals surface area contributed by atoms with Crippen molar-refractivity contribution in [3.8, 4) is 0 Å². The minimum Gasteiger partial charge on any atom is -0.456 e. The molecule has 1 saturated heterocycles. The highest BCUT2D eigenvalue weighted by Gasteiger charge is 2.34. The van der Waals surface area contributed by atoms with Gasteiger partial charge in [-0.2, -0.15) is 0 Å². The van der Waals surface area contributed by atoms with E-state index in [0.29, 0.717) is 5.57 Å².